The van der Waals surface area contributed by atoms with Gasteiger partial charge in [0.2, 0.25) is 0 Å². The minimum atomic E-state index is -1.07. The Morgan fingerprint density at radius 1 is 1.15 bits per heavy atom. The first-order valence-electron chi connectivity index (χ1n) is 9.71. The first kappa shape index (κ1) is 23.7. The lowest BCUT2D eigenvalue weighted by atomic mass is 10.0. The second kappa shape index (κ2) is 9.66. The van der Waals surface area contributed by atoms with Crippen LogP contribution in [0.5, 0.6) is 5.75 Å². The molecule has 0 saturated heterocycles. The van der Waals surface area contributed by atoms with Crippen LogP contribution in [-0.4, -0.2) is 33.5 Å². The maximum Gasteiger partial charge on any atom is 0.335 e. The molecule has 9 nitrogen and oxygen atoms in total. The lowest BCUT2D eigenvalue weighted by Crippen LogP contribution is -2.28. The van der Waals surface area contributed by atoms with Crippen LogP contribution in [0.2, 0.25) is 5.02 Å². The molecule has 0 spiro atoms. The molecule has 0 amide bonds. The summed E-state index contributed by atoms with van der Waals surface area (Å²) in [5, 5.41) is 20.7. The Bertz CT molecular complexity index is 1300. The summed E-state index contributed by atoms with van der Waals surface area (Å²) in [5.74, 6) is -1.20. The Labute approximate surface area is 193 Å². The van der Waals surface area contributed by atoms with Crippen molar-refractivity contribution in [1.29, 1.82) is 0 Å². The normalized spacial score (nSPS) is 11.6. The van der Waals surface area contributed by atoms with Crippen LogP contribution in [0.4, 0.5) is 5.69 Å². The van der Waals surface area contributed by atoms with E-state index in [9.17, 15) is 24.5 Å². The number of nitrogens with zero attached hydrogens (tertiary/aromatic N) is 2. The molecular formula is C23H19ClN2O7. The number of ketones is 1. The number of pyridine rings is 1. The number of carbonyl (C=O) groups excluding carboxylic acids is 1. The fourth-order valence-corrected chi connectivity index (χ4v) is 3.53. The molecule has 0 radical (unpaired) electrons. The van der Waals surface area contributed by atoms with Crippen molar-refractivity contribution in [1.82, 2.24) is 4.57 Å². The molecule has 10 heteroatoms. The topological polar surface area (TPSA) is 129 Å². The molecule has 0 bridgehead atoms. The SMILES string of the molecule is COc1cn(C(C)C(=O)Cc2ccc(C(=O)O)cc2)c(=O)cc1-c1cc(Cl)ccc1[N+](=O)[O-]. The predicted molar refractivity (Wildman–Crippen MR) is 121 cm³/mol. The van der Waals surface area contributed by atoms with Gasteiger partial charge < -0.3 is 14.4 Å². The molecule has 3 rings (SSSR count). The van der Waals surface area contributed by atoms with E-state index < -0.39 is 22.5 Å². The van der Waals surface area contributed by atoms with E-state index in [-0.39, 0.29) is 45.4 Å². The van der Waals surface area contributed by atoms with Crippen molar-refractivity contribution in [2.75, 3.05) is 7.11 Å². The summed E-state index contributed by atoms with van der Waals surface area (Å²) >= 11 is 6.01. The number of rotatable bonds is 8. The Kier molecular flexibility index (Phi) is 6.93. The highest BCUT2D eigenvalue weighted by atomic mass is 35.5. The fraction of sp³-hybridized carbons (Fsp3) is 0.174. The highest BCUT2D eigenvalue weighted by molar-refractivity contribution is 6.31. The summed E-state index contributed by atoms with van der Waals surface area (Å²) in [5.41, 5.74) is 0.197. The minimum absolute atomic E-state index is 0.0165. The maximum atomic E-state index is 12.9. The van der Waals surface area contributed by atoms with E-state index >= 15 is 0 Å². The zero-order chi connectivity index (χ0) is 24.3. The number of halogens is 1. The molecule has 1 unspecified atom stereocenters. The number of hydrogen-bond acceptors (Lipinski definition) is 6. The van der Waals surface area contributed by atoms with E-state index in [4.69, 9.17) is 21.4 Å². The Balaban J connectivity index is 1.96. The van der Waals surface area contributed by atoms with Gasteiger partial charge in [-0.3, -0.25) is 19.7 Å². The van der Waals surface area contributed by atoms with Crippen molar-refractivity contribution in [3.63, 3.8) is 0 Å². The van der Waals surface area contributed by atoms with Crippen molar-refractivity contribution in [2.45, 2.75) is 19.4 Å². The van der Waals surface area contributed by atoms with Crippen molar-refractivity contribution in [3.8, 4) is 16.9 Å². The van der Waals surface area contributed by atoms with Gasteiger partial charge in [-0.15, -0.1) is 0 Å². The molecule has 1 aromatic heterocycles. The van der Waals surface area contributed by atoms with Crippen molar-refractivity contribution < 1.29 is 24.4 Å². The van der Waals surface area contributed by atoms with Gasteiger partial charge in [0.05, 0.1) is 35.4 Å². The summed E-state index contributed by atoms with van der Waals surface area (Å²) in [6.07, 6.45) is 1.32. The average Bonchev–Trinajstić information content (AvgIpc) is 2.78. The Morgan fingerprint density at radius 3 is 2.39 bits per heavy atom. The van der Waals surface area contributed by atoms with Gasteiger partial charge in [-0.1, -0.05) is 23.7 Å². The second-order valence-electron chi connectivity index (χ2n) is 7.24. The zero-order valence-corrected chi connectivity index (χ0v) is 18.4. The number of ether oxygens (including phenoxy) is 1. The maximum absolute atomic E-state index is 12.9. The number of methoxy groups -OCH3 is 1. The molecule has 1 heterocycles. The molecular weight excluding hydrogens is 452 g/mol. The van der Waals surface area contributed by atoms with Crippen LogP contribution >= 0.6 is 11.6 Å². The van der Waals surface area contributed by atoms with E-state index in [1.54, 1.807) is 19.1 Å². The molecule has 2 aromatic carbocycles. The molecule has 0 aliphatic rings. The van der Waals surface area contributed by atoms with Gasteiger partial charge in [0.15, 0.2) is 5.78 Å². The van der Waals surface area contributed by atoms with Crippen LogP contribution in [0.3, 0.4) is 0 Å². The first-order valence-corrected chi connectivity index (χ1v) is 10.1. The lowest BCUT2D eigenvalue weighted by Gasteiger charge is -2.17. The van der Waals surface area contributed by atoms with Crippen LogP contribution in [0.15, 0.2) is 59.5 Å². The molecule has 1 atom stereocenters. The molecule has 33 heavy (non-hydrogen) atoms. The van der Waals surface area contributed by atoms with Crippen LogP contribution in [0.1, 0.15) is 28.9 Å². The molecule has 170 valence electrons. The number of Topliss-reactive ketones (excluding diaryl/α,β-unsaturated/α-hetero) is 1. The highest BCUT2D eigenvalue weighted by Crippen LogP contribution is 2.37. The number of carboxylic acid groups (broad SMARTS) is 1. The molecule has 1 N–H and O–H groups in total. The van der Waals surface area contributed by atoms with E-state index in [1.807, 2.05) is 0 Å². The number of hydrogen-bond donors (Lipinski definition) is 1. The number of nitro benzene ring substituents is 1. The van der Waals surface area contributed by atoms with E-state index in [0.717, 1.165) is 0 Å². The zero-order valence-electron chi connectivity index (χ0n) is 17.6. The average molecular weight is 471 g/mol. The van der Waals surface area contributed by atoms with Crippen molar-refractivity contribution >= 4 is 29.0 Å². The third kappa shape index (κ3) is 5.09. The minimum Gasteiger partial charge on any atom is -0.495 e. The number of aromatic carboxylic acids is 1. The number of aromatic nitrogens is 1. The molecule has 0 fully saturated rings. The van der Waals surface area contributed by atoms with E-state index in [0.29, 0.717) is 5.56 Å². The van der Waals surface area contributed by atoms with Crippen LogP contribution in [-0.2, 0) is 11.2 Å². The predicted octanol–water partition coefficient (Wildman–Crippen LogP) is 4.16. The van der Waals surface area contributed by atoms with Gasteiger partial charge in [-0.05, 0) is 36.8 Å². The van der Waals surface area contributed by atoms with Gasteiger partial charge in [0.25, 0.3) is 11.2 Å². The van der Waals surface area contributed by atoms with Crippen LogP contribution in [0.25, 0.3) is 11.1 Å². The third-order valence-electron chi connectivity index (χ3n) is 5.17. The van der Waals surface area contributed by atoms with Gasteiger partial charge >= 0.3 is 5.97 Å². The summed E-state index contributed by atoms with van der Waals surface area (Å²) in [4.78, 5) is 47.5. The monoisotopic (exact) mass is 470 g/mol. The molecule has 0 saturated carbocycles. The van der Waals surface area contributed by atoms with Gasteiger partial charge in [0.1, 0.15) is 5.75 Å². The fourth-order valence-electron chi connectivity index (χ4n) is 3.36. The van der Waals surface area contributed by atoms with Gasteiger partial charge in [-0.25, -0.2) is 4.79 Å². The molecule has 0 aliphatic heterocycles. The number of carbonyl (C=O) groups is 2. The number of nitro groups is 1. The number of benzene rings is 2. The largest absolute Gasteiger partial charge is 0.495 e. The first-order chi connectivity index (χ1) is 15.6. The smallest absolute Gasteiger partial charge is 0.335 e. The summed E-state index contributed by atoms with van der Waals surface area (Å²) in [7, 11) is 1.35. The summed E-state index contributed by atoms with van der Waals surface area (Å²) in [6.45, 7) is 1.55. The van der Waals surface area contributed by atoms with Gasteiger partial charge in [-0.2, -0.15) is 0 Å². The Morgan fingerprint density at radius 2 is 1.82 bits per heavy atom. The third-order valence-corrected chi connectivity index (χ3v) is 5.41. The van der Waals surface area contributed by atoms with E-state index in [1.165, 1.54) is 54.3 Å². The summed E-state index contributed by atoms with van der Waals surface area (Å²) < 4.78 is 6.55. The standard InChI is InChI=1S/C23H19ClN2O7/c1-13(20(27)9-14-3-5-15(6-4-14)23(29)30)25-12-21(33-2)18(11-22(25)28)17-10-16(24)7-8-19(17)26(31)32/h3-8,10-13H,9H2,1-2H3,(H,29,30). The Hall–Kier alpha value is -3.98. The summed E-state index contributed by atoms with van der Waals surface area (Å²) in [6, 6.07) is 10.2. The van der Waals surface area contributed by atoms with Crippen LogP contribution in [0, 0.1) is 10.1 Å². The number of carboxylic acids is 1. The van der Waals surface area contributed by atoms with Crippen molar-refractivity contribution in [3.05, 3.63) is 91.3 Å². The molecule has 0 aliphatic carbocycles. The van der Waals surface area contributed by atoms with Crippen molar-refractivity contribution in [2.24, 2.45) is 0 Å². The van der Waals surface area contributed by atoms with E-state index in [2.05, 4.69) is 0 Å². The van der Waals surface area contributed by atoms with Gasteiger partial charge in [0, 0.05) is 29.1 Å². The second-order valence-corrected chi connectivity index (χ2v) is 7.68. The lowest BCUT2D eigenvalue weighted by molar-refractivity contribution is -0.384. The van der Waals surface area contributed by atoms with Crippen LogP contribution < -0.4 is 10.3 Å². The quantitative estimate of drug-likeness (QED) is 0.386. The highest BCUT2D eigenvalue weighted by Gasteiger charge is 2.23. The molecule has 3 aromatic rings.